The maximum Gasteiger partial charge on any atom is 0.241 e. The van der Waals surface area contributed by atoms with Gasteiger partial charge in [0.05, 0.1) is 11.1 Å². The molecule has 0 spiro atoms. The van der Waals surface area contributed by atoms with Crippen LogP contribution in [0.25, 0.3) is 6.08 Å². The van der Waals surface area contributed by atoms with Crippen LogP contribution < -0.4 is 10.5 Å². The molecular weight excluding hydrogens is 282 g/mol. The first-order valence-corrected chi connectivity index (χ1v) is 6.18. The Bertz CT molecular complexity index is 427. The molecule has 0 aromatic heterocycles. The number of carbonyl (C=O) groups is 1. The van der Waals surface area contributed by atoms with Gasteiger partial charge in [-0.2, -0.15) is 0 Å². The molecule has 92 valence electrons. The fraction of sp³-hybridized carbons (Fsp3) is 0.308. The van der Waals surface area contributed by atoms with Crippen LogP contribution in [-0.4, -0.2) is 12.5 Å². The monoisotopic (exact) mass is 297 g/mol. The summed E-state index contributed by atoms with van der Waals surface area (Å²) >= 11 is 3.43. The minimum atomic E-state index is -0.457. The number of nitrogens with two attached hydrogens (primary N) is 1. The van der Waals surface area contributed by atoms with E-state index in [4.69, 9.17) is 10.5 Å². The highest BCUT2D eigenvalue weighted by molar-refractivity contribution is 9.10. The molecule has 3 nitrogen and oxygen atoms in total. The molecule has 0 fully saturated rings. The first-order valence-electron chi connectivity index (χ1n) is 5.39. The van der Waals surface area contributed by atoms with Crippen LogP contribution in [0.15, 0.2) is 28.7 Å². The summed E-state index contributed by atoms with van der Waals surface area (Å²) in [6, 6.07) is 5.63. The molecule has 0 unspecified atom stereocenters. The van der Waals surface area contributed by atoms with Crippen molar-refractivity contribution >= 4 is 27.9 Å². The molecule has 4 heteroatoms. The maximum absolute atomic E-state index is 10.6. The second-order valence-corrected chi connectivity index (χ2v) is 4.98. The number of halogens is 1. The normalized spacial score (nSPS) is 11.1. The topological polar surface area (TPSA) is 52.3 Å². The van der Waals surface area contributed by atoms with Crippen LogP contribution >= 0.6 is 15.9 Å². The Hall–Kier alpha value is -1.29. The molecule has 0 radical (unpaired) electrons. The van der Waals surface area contributed by atoms with Gasteiger partial charge in [0.15, 0.2) is 0 Å². The number of rotatable bonds is 5. The Labute approximate surface area is 110 Å². The molecule has 1 aromatic carbocycles. The summed E-state index contributed by atoms with van der Waals surface area (Å²) in [5.74, 6) is 0.826. The lowest BCUT2D eigenvalue weighted by Gasteiger charge is -2.10. The van der Waals surface area contributed by atoms with Crippen molar-refractivity contribution < 1.29 is 9.53 Å². The molecule has 0 saturated heterocycles. The largest absolute Gasteiger partial charge is 0.492 e. The molecule has 1 rings (SSSR count). The fourth-order valence-corrected chi connectivity index (χ4v) is 1.68. The summed E-state index contributed by atoms with van der Waals surface area (Å²) in [7, 11) is 0. The molecule has 0 aliphatic carbocycles. The van der Waals surface area contributed by atoms with Gasteiger partial charge in [-0.25, -0.2) is 0 Å². The number of hydrogen-bond donors (Lipinski definition) is 1. The van der Waals surface area contributed by atoms with E-state index in [1.807, 2.05) is 18.2 Å². The van der Waals surface area contributed by atoms with Crippen LogP contribution in [0, 0.1) is 5.92 Å². The van der Waals surface area contributed by atoms with Crippen molar-refractivity contribution in [2.24, 2.45) is 11.7 Å². The summed E-state index contributed by atoms with van der Waals surface area (Å²) in [5.41, 5.74) is 5.92. The molecule has 0 heterocycles. The molecule has 1 aromatic rings. The minimum Gasteiger partial charge on any atom is -0.492 e. The van der Waals surface area contributed by atoms with Crippen molar-refractivity contribution in [3.05, 3.63) is 34.3 Å². The van der Waals surface area contributed by atoms with E-state index in [9.17, 15) is 4.79 Å². The van der Waals surface area contributed by atoms with E-state index in [1.165, 1.54) is 6.08 Å². The second-order valence-electron chi connectivity index (χ2n) is 4.13. The Morgan fingerprint density at radius 2 is 2.24 bits per heavy atom. The Morgan fingerprint density at radius 1 is 1.53 bits per heavy atom. The minimum absolute atomic E-state index is 0.457. The first-order chi connectivity index (χ1) is 7.99. The Kier molecular flexibility index (Phi) is 5.22. The number of ether oxygens (including phenoxy) is 1. The van der Waals surface area contributed by atoms with E-state index in [0.717, 1.165) is 15.8 Å². The summed E-state index contributed by atoms with van der Waals surface area (Å²) in [5, 5.41) is 0. The Morgan fingerprint density at radius 3 is 2.76 bits per heavy atom. The van der Waals surface area contributed by atoms with Crippen molar-refractivity contribution in [3.63, 3.8) is 0 Å². The van der Waals surface area contributed by atoms with E-state index < -0.39 is 5.91 Å². The lowest BCUT2D eigenvalue weighted by atomic mass is 10.2. The zero-order valence-electron chi connectivity index (χ0n) is 9.94. The van der Waals surface area contributed by atoms with Gasteiger partial charge in [-0.15, -0.1) is 0 Å². The molecule has 0 bridgehead atoms. The van der Waals surface area contributed by atoms with Gasteiger partial charge in [0.25, 0.3) is 0 Å². The van der Waals surface area contributed by atoms with E-state index in [0.29, 0.717) is 12.5 Å². The van der Waals surface area contributed by atoms with Gasteiger partial charge in [-0.3, -0.25) is 4.79 Å². The quantitative estimate of drug-likeness (QED) is 0.850. The van der Waals surface area contributed by atoms with Gasteiger partial charge >= 0.3 is 0 Å². The number of benzene rings is 1. The third-order valence-corrected chi connectivity index (χ3v) is 2.59. The molecule has 0 atom stereocenters. The summed E-state index contributed by atoms with van der Waals surface area (Å²) in [4.78, 5) is 10.6. The van der Waals surface area contributed by atoms with E-state index in [-0.39, 0.29) is 0 Å². The van der Waals surface area contributed by atoms with Crippen LogP contribution in [0.3, 0.4) is 0 Å². The molecule has 2 N–H and O–H groups in total. The smallest absolute Gasteiger partial charge is 0.241 e. The molecule has 17 heavy (non-hydrogen) atoms. The average Bonchev–Trinajstić information content (AvgIpc) is 2.24. The second kappa shape index (κ2) is 6.45. The lowest BCUT2D eigenvalue weighted by Crippen LogP contribution is -2.05. The summed E-state index contributed by atoms with van der Waals surface area (Å²) in [6.07, 6.45) is 3.00. The van der Waals surface area contributed by atoms with Crippen LogP contribution in [0.1, 0.15) is 19.4 Å². The van der Waals surface area contributed by atoms with E-state index >= 15 is 0 Å². The molecule has 0 aliphatic rings. The number of hydrogen-bond acceptors (Lipinski definition) is 2. The van der Waals surface area contributed by atoms with Gasteiger partial charge in [-0.05, 0) is 45.6 Å². The van der Waals surface area contributed by atoms with Gasteiger partial charge in [0, 0.05) is 6.08 Å². The zero-order chi connectivity index (χ0) is 12.8. The van der Waals surface area contributed by atoms with Gasteiger partial charge in [-0.1, -0.05) is 19.9 Å². The molecule has 0 saturated carbocycles. The number of carbonyl (C=O) groups excluding carboxylic acids is 1. The van der Waals surface area contributed by atoms with Crippen LogP contribution in [-0.2, 0) is 4.79 Å². The Balaban J connectivity index is 2.75. The lowest BCUT2D eigenvalue weighted by molar-refractivity contribution is -0.113. The van der Waals surface area contributed by atoms with Gasteiger partial charge in [0.1, 0.15) is 5.75 Å². The van der Waals surface area contributed by atoms with Crippen LogP contribution in [0.5, 0.6) is 5.75 Å². The van der Waals surface area contributed by atoms with Crippen molar-refractivity contribution in [2.45, 2.75) is 13.8 Å². The number of primary amides is 1. The summed E-state index contributed by atoms with van der Waals surface area (Å²) < 4.78 is 6.48. The van der Waals surface area contributed by atoms with E-state index in [1.54, 1.807) is 6.08 Å². The number of amides is 1. The highest BCUT2D eigenvalue weighted by atomic mass is 79.9. The first kappa shape index (κ1) is 13.8. The van der Waals surface area contributed by atoms with Crippen molar-refractivity contribution in [1.29, 1.82) is 0 Å². The van der Waals surface area contributed by atoms with Crippen molar-refractivity contribution in [3.8, 4) is 5.75 Å². The highest BCUT2D eigenvalue weighted by Crippen LogP contribution is 2.26. The average molecular weight is 298 g/mol. The predicted molar refractivity (Wildman–Crippen MR) is 72.7 cm³/mol. The van der Waals surface area contributed by atoms with Crippen molar-refractivity contribution in [1.82, 2.24) is 0 Å². The maximum atomic E-state index is 10.6. The van der Waals surface area contributed by atoms with E-state index in [2.05, 4.69) is 29.8 Å². The van der Waals surface area contributed by atoms with Crippen molar-refractivity contribution in [2.75, 3.05) is 6.61 Å². The van der Waals surface area contributed by atoms with Gasteiger partial charge < -0.3 is 10.5 Å². The molecular formula is C13H16BrNO2. The SMILES string of the molecule is CC(C)COc1ccc(C=CC(N)=O)cc1Br. The summed E-state index contributed by atoms with van der Waals surface area (Å²) in [6.45, 7) is 4.87. The third kappa shape index (κ3) is 5.04. The van der Waals surface area contributed by atoms with Gasteiger partial charge in [0.2, 0.25) is 5.91 Å². The predicted octanol–water partition coefficient (Wildman–Crippen LogP) is 2.98. The van der Waals surface area contributed by atoms with Crippen LogP contribution in [0.2, 0.25) is 0 Å². The van der Waals surface area contributed by atoms with Crippen LogP contribution in [0.4, 0.5) is 0 Å². The zero-order valence-corrected chi connectivity index (χ0v) is 11.5. The molecule has 0 aliphatic heterocycles. The highest BCUT2D eigenvalue weighted by Gasteiger charge is 2.03. The third-order valence-electron chi connectivity index (χ3n) is 1.97. The molecule has 1 amide bonds. The standard InChI is InChI=1S/C13H16BrNO2/c1-9(2)8-17-12-5-3-10(7-11(12)14)4-6-13(15)16/h3-7,9H,8H2,1-2H3,(H2,15,16). The fourth-order valence-electron chi connectivity index (χ4n) is 1.17.